The van der Waals surface area contributed by atoms with Crippen LogP contribution in [0.15, 0.2) is 0 Å². The Morgan fingerprint density at radius 2 is 2.28 bits per heavy atom. The normalized spacial score (nSPS) is 34.5. The number of nitrogens with two attached hydrogens (primary N) is 1. The number of rotatable bonds is 6. The lowest BCUT2D eigenvalue weighted by Gasteiger charge is -2.42. The van der Waals surface area contributed by atoms with Gasteiger partial charge in [0, 0.05) is 37.3 Å². The number of piperidine rings is 1. The summed E-state index contributed by atoms with van der Waals surface area (Å²) in [6.07, 6.45) is 7.07. The van der Waals surface area contributed by atoms with Gasteiger partial charge in [0.1, 0.15) is 0 Å². The molecule has 0 saturated carbocycles. The standard InChI is InChI=1S/C14H29N3O/c1-12(5-4-10-18)16-14(11-15)7-9-17-8-3-2-6-13(14)17/h12-13,16,18H,2-11,15H2,1H3. The van der Waals surface area contributed by atoms with Crippen LogP contribution in [0.4, 0.5) is 0 Å². The van der Waals surface area contributed by atoms with Crippen molar-refractivity contribution >= 4 is 0 Å². The topological polar surface area (TPSA) is 61.5 Å². The number of fused-ring (bicyclic) bond motifs is 1. The van der Waals surface area contributed by atoms with Crippen molar-refractivity contribution in [2.75, 3.05) is 26.2 Å². The minimum Gasteiger partial charge on any atom is -0.396 e. The van der Waals surface area contributed by atoms with Gasteiger partial charge in [0.15, 0.2) is 0 Å². The summed E-state index contributed by atoms with van der Waals surface area (Å²) in [6.45, 7) is 5.69. The van der Waals surface area contributed by atoms with Gasteiger partial charge in [0.05, 0.1) is 0 Å². The van der Waals surface area contributed by atoms with Crippen molar-refractivity contribution in [3.05, 3.63) is 0 Å². The molecule has 2 saturated heterocycles. The van der Waals surface area contributed by atoms with Gasteiger partial charge < -0.3 is 16.2 Å². The predicted molar refractivity (Wildman–Crippen MR) is 74.5 cm³/mol. The van der Waals surface area contributed by atoms with Crippen molar-refractivity contribution in [3.8, 4) is 0 Å². The molecule has 4 nitrogen and oxygen atoms in total. The third kappa shape index (κ3) is 2.87. The Kier molecular flexibility index (Phi) is 5.01. The zero-order chi connectivity index (χ0) is 13.0. The van der Waals surface area contributed by atoms with Gasteiger partial charge in [0.2, 0.25) is 0 Å². The van der Waals surface area contributed by atoms with Crippen molar-refractivity contribution in [2.24, 2.45) is 5.73 Å². The molecule has 0 aromatic carbocycles. The summed E-state index contributed by atoms with van der Waals surface area (Å²) in [7, 11) is 0. The molecule has 2 heterocycles. The van der Waals surface area contributed by atoms with E-state index in [1.807, 2.05) is 0 Å². The van der Waals surface area contributed by atoms with Crippen molar-refractivity contribution in [2.45, 2.75) is 63.1 Å². The summed E-state index contributed by atoms with van der Waals surface area (Å²) < 4.78 is 0. The van der Waals surface area contributed by atoms with Crippen molar-refractivity contribution < 1.29 is 5.11 Å². The highest BCUT2D eigenvalue weighted by Gasteiger charge is 2.47. The summed E-state index contributed by atoms with van der Waals surface area (Å²) in [5, 5.41) is 12.7. The van der Waals surface area contributed by atoms with Crippen molar-refractivity contribution in [3.63, 3.8) is 0 Å². The van der Waals surface area contributed by atoms with Gasteiger partial charge in [0.25, 0.3) is 0 Å². The maximum Gasteiger partial charge on any atom is 0.0475 e. The Balaban J connectivity index is 1.97. The molecule has 0 aromatic rings. The molecule has 0 aromatic heterocycles. The van der Waals surface area contributed by atoms with Gasteiger partial charge in [-0.05, 0) is 45.6 Å². The monoisotopic (exact) mass is 255 g/mol. The first kappa shape index (κ1) is 14.3. The minimum atomic E-state index is 0.120. The molecular weight excluding hydrogens is 226 g/mol. The number of aliphatic hydroxyl groups is 1. The lowest BCUT2D eigenvalue weighted by molar-refractivity contribution is 0.131. The molecule has 2 aliphatic heterocycles. The zero-order valence-corrected chi connectivity index (χ0v) is 11.7. The van der Waals surface area contributed by atoms with E-state index >= 15 is 0 Å². The molecule has 4 heteroatoms. The highest BCUT2D eigenvalue weighted by molar-refractivity contribution is 5.08. The smallest absolute Gasteiger partial charge is 0.0475 e. The van der Waals surface area contributed by atoms with Crippen molar-refractivity contribution in [1.82, 2.24) is 10.2 Å². The van der Waals surface area contributed by atoms with E-state index in [1.54, 1.807) is 0 Å². The molecule has 106 valence electrons. The largest absolute Gasteiger partial charge is 0.396 e. The first-order valence-electron chi connectivity index (χ1n) is 7.54. The Morgan fingerprint density at radius 1 is 1.44 bits per heavy atom. The quantitative estimate of drug-likeness (QED) is 0.653. The molecule has 0 radical (unpaired) electrons. The number of aliphatic hydroxyl groups excluding tert-OH is 1. The summed E-state index contributed by atoms with van der Waals surface area (Å²) >= 11 is 0. The summed E-state index contributed by atoms with van der Waals surface area (Å²) in [5.74, 6) is 0. The lowest BCUT2D eigenvalue weighted by atomic mass is 9.84. The zero-order valence-electron chi connectivity index (χ0n) is 11.7. The fourth-order valence-electron chi connectivity index (χ4n) is 3.82. The van der Waals surface area contributed by atoms with Gasteiger partial charge in [-0.2, -0.15) is 0 Å². The third-order valence-electron chi connectivity index (χ3n) is 4.79. The maximum absolute atomic E-state index is 8.92. The number of hydrogen-bond acceptors (Lipinski definition) is 4. The van der Waals surface area contributed by atoms with Crippen molar-refractivity contribution in [1.29, 1.82) is 0 Å². The molecule has 0 aliphatic carbocycles. The molecule has 0 spiro atoms. The SMILES string of the molecule is CC(CCCO)NC1(CN)CCN2CCCCC21. The van der Waals surface area contributed by atoms with Gasteiger partial charge in [-0.1, -0.05) is 6.42 Å². The Hall–Kier alpha value is -0.160. The van der Waals surface area contributed by atoms with Gasteiger partial charge >= 0.3 is 0 Å². The van der Waals surface area contributed by atoms with Crippen LogP contribution in [-0.4, -0.2) is 53.9 Å². The van der Waals surface area contributed by atoms with Gasteiger partial charge in [-0.25, -0.2) is 0 Å². The van der Waals surface area contributed by atoms with Gasteiger partial charge in [-0.15, -0.1) is 0 Å². The van der Waals surface area contributed by atoms with Crippen LogP contribution in [0.5, 0.6) is 0 Å². The van der Waals surface area contributed by atoms with E-state index in [0.717, 1.165) is 19.4 Å². The minimum absolute atomic E-state index is 0.120. The summed E-state index contributed by atoms with van der Waals surface area (Å²) in [5.41, 5.74) is 6.23. The van der Waals surface area contributed by atoms with E-state index in [2.05, 4.69) is 17.1 Å². The van der Waals surface area contributed by atoms with Crippen LogP contribution in [0, 0.1) is 0 Å². The highest BCUT2D eigenvalue weighted by atomic mass is 16.2. The van der Waals surface area contributed by atoms with Crippen LogP contribution < -0.4 is 11.1 Å². The molecular formula is C14H29N3O. The number of nitrogens with one attached hydrogen (secondary N) is 1. The number of nitrogens with zero attached hydrogens (tertiary/aromatic N) is 1. The molecule has 2 fully saturated rings. The van der Waals surface area contributed by atoms with E-state index in [1.165, 1.54) is 38.8 Å². The average Bonchev–Trinajstić information content (AvgIpc) is 2.76. The molecule has 3 atom stereocenters. The van der Waals surface area contributed by atoms with Crippen LogP contribution in [0.1, 0.15) is 45.4 Å². The fraction of sp³-hybridized carbons (Fsp3) is 1.00. The van der Waals surface area contributed by atoms with Crippen LogP contribution in [0.3, 0.4) is 0 Å². The van der Waals surface area contributed by atoms with Crippen LogP contribution >= 0.6 is 0 Å². The fourth-order valence-corrected chi connectivity index (χ4v) is 3.82. The Morgan fingerprint density at radius 3 is 3.00 bits per heavy atom. The lowest BCUT2D eigenvalue weighted by Crippen LogP contribution is -2.62. The molecule has 3 unspecified atom stereocenters. The summed E-state index contributed by atoms with van der Waals surface area (Å²) in [4.78, 5) is 2.63. The van der Waals surface area contributed by atoms with Gasteiger partial charge in [-0.3, -0.25) is 4.90 Å². The second-order valence-corrected chi connectivity index (χ2v) is 6.07. The molecule has 0 bridgehead atoms. The second kappa shape index (κ2) is 6.33. The van der Waals surface area contributed by atoms with Crippen LogP contribution in [0.25, 0.3) is 0 Å². The average molecular weight is 255 g/mol. The molecule has 2 aliphatic rings. The van der Waals surface area contributed by atoms with Crippen LogP contribution in [-0.2, 0) is 0 Å². The van der Waals surface area contributed by atoms with E-state index in [9.17, 15) is 0 Å². The highest BCUT2D eigenvalue weighted by Crippen LogP contribution is 2.35. The molecule has 2 rings (SSSR count). The van der Waals surface area contributed by atoms with E-state index in [4.69, 9.17) is 10.8 Å². The summed E-state index contributed by atoms with van der Waals surface area (Å²) in [6, 6.07) is 1.08. The Labute approximate surface area is 111 Å². The Bertz CT molecular complexity index is 261. The second-order valence-electron chi connectivity index (χ2n) is 6.07. The number of hydrogen-bond donors (Lipinski definition) is 3. The van der Waals surface area contributed by atoms with E-state index in [-0.39, 0.29) is 12.1 Å². The third-order valence-corrected chi connectivity index (χ3v) is 4.79. The molecule has 4 N–H and O–H groups in total. The molecule has 0 amide bonds. The predicted octanol–water partition coefficient (Wildman–Crippen LogP) is 0.693. The maximum atomic E-state index is 8.92. The van der Waals surface area contributed by atoms with E-state index < -0.39 is 0 Å². The van der Waals surface area contributed by atoms with Crippen LogP contribution in [0.2, 0.25) is 0 Å². The first-order chi connectivity index (χ1) is 8.72. The van der Waals surface area contributed by atoms with E-state index in [0.29, 0.717) is 12.1 Å². The molecule has 18 heavy (non-hydrogen) atoms. The first-order valence-corrected chi connectivity index (χ1v) is 7.54.